The van der Waals surface area contributed by atoms with E-state index in [0.717, 1.165) is 24.6 Å². The van der Waals surface area contributed by atoms with Crippen molar-refractivity contribution in [1.82, 2.24) is 4.31 Å². The van der Waals surface area contributed by atoms with E-state index in [0.29, 0.717) is 0 Å². The molecule has 0 radical (unpaired) electrons. The average Bonchev–Trinajstić information content (AvgIpc) is 2.65. The Balaban J connectivity index is 2.59. The van der Waals surface area contributed by atoms with Gasteiger partial charge >= 0.3 is 11.9 Å². The summed E-state index contributed by atoms with van der Waals surface area (Å²) in [7, 11) is 1.26. The largest absolute Gasteiger partial charge is 0.506 e. The molecule has 27 heavy (non-hydrogen) atoms. The molecule has 0 saturated heterocycles. The Bertz CT molecular complexity index is 892. The molecule has 11 heteroatoms. The van der Waals surface area contributed by atoms with Gasteiger partial charge in [-0.2, -0.15) is 0 Å². The topological polar surface area (TPSA) is 123 Å². The second-order valence-electron chi connectivity index (χ2n) is 5.65. The molecule has 1 aliphatic heterocycles. The molecule has 2 rings (SSSR count). The highest BCUT2D eigenvalue weighted by Gasteiger charge is 2.34. The Kier molecular flexibility index (Phi) is 6.08. The highest BCUT2D eigenvalue weighted by molar-refractivity contribution is 7.89. The Hall–Kier alpha value is -2.63. The quantitative estimate of drug-likeness (QED) is 0.682. The van der Waals surface area contributed by atoms with Crippen LogP contribution in [0.2, 0.25) is 0 Å². The number of hydrogen-bond donors (Lipinski definition) is 1. The van der Waals surface area contributed by atoms with Crippen LogP contribution in [-0.2, 0) is 33.8 Å². The molecule has 0 atom stereocenters. The monoisotopic (exact) mass is 400 g/mol. The number of ether oxygens (including phenoxy) is 3. The first-order valence-corrected chi connectivity index (χ1v) is 9.09. The molecule has 1 heterocycles. The van der Waals surface area contributed by atoms with Gasteiger partial charge in [0.1, 0.15) is 18.2 Å². The highest BCUT2D eigenvalue weighted by atomic mass is 32.2. The predicted molar refractivity (Wildman–Crippen MR) is 93.3 cm³/mol. The number of hydrogen-bond acceptors (Lipinski definition) is 9. The zero-order valence-corrected chi connectivity index (χ0v) is 16.1. The third-order valence-corrected chi connectivity index (χ3v) is 5.66. The second-order valence-corrected chi connectivity index (χ2v) is 7.81. The number of sulfonamides is 1. The summed E-state index contributed by atoms with van der Waals surface area (Å²) in [5.41, 5.74) is -0.177. The van der Waals surface area contributed by atoms with Gasteiger partial charge in [0.15, 0.2) is 0 Å². The minimum absolute atomic E-state index is 0.0641. The maximum absolute atomic E-state index is 12.2. The molecule has 0 fully saturated rings. The molecular weight excluding hydrogens is 380 g/mol. The van der Waals surface area contributed by atoms with Gasteiger partial charge in [-0.3, -0.25) is 0 Å². The molecule has 0 aliphatic carbocycles. The molecule has 0 aromatic heterocycles. The van der Waals surface area contributed by atoms with Gasteiger partial charge in [-0.15, -0.1) is 0 Å². The fraction of sp³-hybridized carbons (Fsp3) is 0.375. The van der Waals surface area contributed by atoms with E-state index < -0.39 is 27.7 Å². The Morgan fingerprint density at radius 3 is 2.33 bits per heavy atom. The lowest BCUT2D eigenvalue weighted by Crippen LogP contribution is -2.38. The van der Waals surface area contributed by atoms with Crippen LogP contribution in [0.1, 0.15) is 0 Å². The van der Waals surface area contributed by atoms with E-state index >= 15 is 0 Å². The van der Waals surface area contributed by atoms with Crippen LogP contribution in [0.5, 0.6) is 5.75 Å². The van der Waals surface area contributed by atoms with Crippen molar-refractivity contribution in [2.75, 3.05) is 46.6 Å². The van der Waals surface area contributed by atoms with Crippen LogP contribution >= 0.6 is 0 Å². The lowest BCUT2D eigenvalue weighted by Gasteiger charge is -2.31. The van der Waals surface area contributed by atoms with Gasteiger partial charge < -0.3 is 24.2 Å². The SMILES string of the molecule is COC(=O)C1=C(C(=O)OC)N(c2ccc(S(=O)(=O)N(C)C)cc2O)COC1. The second kappa shape index (κ2) is 7.94. The third kappa shape index (κ3) is 3.89. The van der Waals surface area contributed by atoms with E-state index in [4.69, 9.17) is 9.47 Å². The summed E-state index contributed by atoms with van der Waals surface area (Å²) in [5, 5.41) is 10.4. The number of rotatable bonds is 5. The fourth-order valence-electron chi connectivity index (χ4n) is 2.44. The van der Waals surface area contributed by atoms with Gasteiger partial charge in [-0.05, 0) is 12.1 Å². The highest BCUT2D eigenvalue weighted by Crippen LogP contribution is 2.35. The van der Waals surface area contributed by atoms with Crippen molar-refractivity contribution in [3.8, 4) is 5.75 Å². The minimum Gasteiger partial charge on any atom is -0.506 e. The van der Waals surface area contributed by atoms with Crippen molar-refractivity contribution in [1.29, 1.82) is 0 Å². The van der Waals surface area contributed by atoms with Crippen molar-refractivity contribution in [3.05, 3.63) is 29.5 Å². The molecule has 1 aromatic rings. The summed E-state index contributed by atoms with van der Waals surface area (Å²) >= 11 is 0. The third-order valence-electron chi connectivity index (χ3n) is 3.85. The number of methoxy groups -OCH3 is 2. The van der Waals surface area contributed by atoms with Gasteiger partial charge in [0, 0.05) is 20.2 Å². The maximum Gasteiger partial charge on any atom is 0.355 e. The number of nitrogens with zero attached hydrogens (tertiary/aromatic N) is 2. The van der Waals surface area contributed by atoms with Crippen molar-refractivity contribution in [2.45, 2.75) is 4.90 Å². The van der Waals surface area contributed by atoms with Crippen molar-refractivity contribution in [2.24, 2.45) is 0 Å². The van der Waals surface area contributed by atoms with E-state index in [-0.39, 0.29) is 35.2 Å². The molecule has 0 unspecified atom stereocenters. The lowest BCUT2D eigenvalue weighted by atomic mass is 10.1. The first kappa shape index (κ1) is 20.7. The zero-order valence-electron chi connectivity index (χ0n) is 15.3. The van der Waals surface area contributed by atoms with Crippen molar-refractivity contribution in [3.63, 3.8) is 0 Å². The smallest absolute Gasteiger partial charge is 0.355 e. The molecule has 0 bridgehead atoms. The predicted octanol–water partition coefficient (Wildman–Crippen LogP) is 0.0367. The van der Waals surface area contributed by atoms with Gasteiger partial charge in [-0.1, -0.05) is 0 Å². The molecule has 1 N–H and O–H groups in total. The van der Waals surface area contributed by atoms with Crippen LogP contribution in [0.4, 0.5) is 5.69 Å². The standard InChI is InChI=1S/C16H20N2O8S/c1-17(2)27(22,23)10-5-6-12(13(19)7-10)18-9-26-8-11(15(20)24-3)14(18)16(21)25-4/h5-7,19H,8-9H2,1-4H3. The van der Waals surface area contributed by atoms with Crippen LogP contribution in [0.3, 0.4) is 0 Å². The van der Waals surface area contributed by atoms with Gasteiger partial charge in [0.05, 0.1) is 37.0 Å². The average molecular weight is 400 g/mol. The van der Waals surface area contributed by atoms with Crippen LogP contribution in [-0.4, -0.2) is 71.4 Å². The molecule has 0 amide bonds. The first-order chi connectivity index (χ1) is 12.6. The summed E-state index contributed by atoms with van der Waals surface area (Å²) < 4.78 is 40.1. The number of carbonyl (C=O) groups is 2. The van der Waals surface area contributed by atoms with Crippen LogP contribution < -0.4 is 4.90 Å². The first-order valence-electron chi connectivity index (χ1n) is 7.65. The maximum atomic E-state index is 12.2. The normalized spacial score (nSPS) is 15.1. The number of phenolic OH excluding ortho intramolecular Hbond substituents is 1. The molecule has 10 nitrogen and oxygen atoms in total. The van der Waals surface area contributed by atoms with E-state index in [9.17, 15) is 23.1 Å². The Morgan fingerprint density at radius 2 is 1.81 bits per heavy atom. The van der Waals surface area contributed by atoms with E-state index in [1.807, 2.05) is 0 Å². The molecule has 1 aromatic carbocycles. The van der Waals surface area contributed by atoms with Gasteiger partial charge in [0.25, 0.3) is 0 Å². The Labute approximate surface area is 156 Å². The summed E-state index contributed by atoms with van der Waals surface area (Å²) in [6, 6.07) is 3.62. The summed E-state index contributed by atoms with van der Waals surface area (Å²) in [6.07, 6.45) is 0. The molecule has 0 saturated carbocycles. The summed E-state index contributed by atoms with van der Waals surface area (Å²) in [5.74, 6) is -2.04. The van der Waals surface area contributed by atoms with E-state index in [2.05, 4.69) is 4.74 Å². The summed E-state index contributed by atoms with van der Waals surface area (Å²) in [6.45, 7) is -0.347. The van der Waals surface area contributed by atoms with Crippen molar-refractivity contribution >= 4 is 27.6 Å². The minimum atomic E-state index is -3.76. The fourth-order valence-corrected chi connectivity index (χ4v) is 3.36. The van der Waals surface area contributed by atoms with E-state index in [1.165, 1.54) is 31.1 Å². The number of aromatic hydroxyl groups is 1. The van der Waals surface area contributed by atoms with Gasteiger partial charge in [0.2, 0.25) is 10.0 Å². The molecule has 0 spiro atoms. The zero-order chi connectivity index (χ0) is 20.4. The Morgan fingerprint density at radius 1 is 1.19 bits per heavy atom. The number of esters is 2. The van der Waals surface area contributed by atoms with Crippen molar-refractivity contribution < 1.29 is 37.3 Å². The molecular formula is C16H20N2O8S. The number of phenols is 1. The number of anilines is 1. The van der Waals surface area contributed by atoms with E-state index in [1.54, 1.807) is 0 Å². The summed E-state index contributed by atoms with van der Waals surface area (Å²) in [4.78, 5) is 25.3. The van der Waals surface area contributed by atoms with Crippen LogP contribution in [0, 0.1) is 0 Å². The molecule has 148 valence electrons. The lowest BCUT2D eigenvalue weighted by molar-refractivity contribution is -0.140. The number of benzene rings is 1. The van der Waals surface area contributed by atoms with Gasteiger partial charge in [-0.25, -0.2) is 22.3 Å². The van der Waals surface area contributed by atoms with Crippen LogP contribution in [0.25, 0.3) is 0 Å². The number of carbonyl (C=O) groups excluding carboxylic acids is 2. The molecule has 1 aliphatic rings. The van der Waals surface area contributed by atoms with Crippen LogP contribution in [0.15, 0.2) is 34.4 Å².